The molecule has 3 rings (SSSR count). The molecule has 0 aromatic heterocycles. The van der Waals surface area contributed by atoms with Crippen LogP contribution in [0.5, 0.6) is 5.75 Å². The van der Waals surface area contributed by atoms with Crippen LogP contribution in [0.15, 0.2) is 41.5 Å². The van der Waals surface area contributed by atoms with Crippen molar-refractivity contribution in [2.75, 3.05) is 6.61 Å². The summed E-state index contributed by atoms with van der Waals surface area (Å²) in [6, 6.07) is 5.69. The second-order valence-corrected chi connectivity index (χ2v) is 5.02. The van der Waals surface area contributed by atoms with E-state index in [-0.39, 0.29) is 12.5 Å². The number of hydrogen-bond acceptors (Lipinski definition) is 3. The third-order valence-electron chi connectivity index (χ3n) is 3.65. The van der Waals surface area contributed by atoms with Crippen molar-refractivity contribution in [1.82, 2.24) is 5.43 Å². The SMILES string of the molecule is O=C(COc1cccc(F)c1)N/N=C1/C[C@@H]2C=CC[C@H]12. The zero-order chi connectivity index (χ0) is 13.9. The van der Waals surface area contributed by atoms with Gasteiger partial charge in [0.25, 0.3) is 5.91 Å². The first-order valence-corrected chi connectivity index (χ1v) is 6.63. The average Bonchev–Trinajstić information content (AvgIpc) is 2.78. The van der Waals surface area contributed by atoms with Crippen LogP contribution >= 0.6 is 0 Å². The van der Waals surface area contributed by atoms with E-state index in [4.69, 9.17) is 4.74 Å². The predicted molar refractivity (Wildman–Crippen MR) is 72.8 cm³/mol. The van der Waals surface area contributed by atoms with Gasteiger partial charge in [-0.05, 0) is 30.9 Å². The highest BCUT2D eigenvalue weighted by molar-refractivity contribution is 5.94. The molecule has 0 spiro atoms. The summed E-state index contributed by atoms with van der Waals surface area (Å²) in [7, 11) is 0. The monoisotopic (exact) mass is 274 g/mol. The number of ether oxygens (including phenoxy) is 1. The molecule has 0 aliphatic heterocycles. The van der Waals surface area contributed by atoms with E-state index in [1.165, 1.54) is 18.2 Å². The van der Waals surface area contributed by atoms with Crippen LogP contribution in [0.25, 0.3) is 0 Å². The van der Waals surface area contributed by atoms with Crippen LogP contribution in [0.1, 0.15) is 12.8 Å². The Morgan fingerprint density at radius 3 is 3.20 bits per heavy atom. The molecule has 4 nitrogen and oxygen atoms in total. The van der Waals surface area contributed by atoms with E-state index in [0.717, 1.165) is 18.6 Å². The number of amides is 1. The third-order valence-corrected chi connectivity index (χ3v) is 3.65. The van der Waals surface area contributed by atoms with E-state index in [0.29, 0.717) is 17.6 Å². The fourth-order valence-corrected chi connectivity index (χ4v) is 2.54. The molecule has 5 heteroatoms. The second kappa shape index (κ2) is 5.45. The van der Waals surface area contributed by atoms with Crippen LogP contribution in [0, 0.1) is 17.7 Å². The number of fused-ring (bicyclic) bond motifs is 1. The summed E-state index contributed by atoms with van der Waals surface area (Å²) in [6.07, 6.45) is 6.30. The lowest BCUT2D eigenvalue weighted by atomic mass is 9.74. The molecule has 0 bridgehead atoms. The molecule has 2 aliphatic carbocycles. The van der Waals surface area contributed by atoms with Gasteiger partial charge in [-0.2, -0.15) is 5.10 Å². The lowest BCUT2D eigenvalue weighted by Crippen LogP contribution is -2.36. The second-order valence-electron chi connectivity index (χ2n) is 5.02. The first-order valence-electron chi connectivity index (χ1n) is 6.63. The summed E-state index contributed by atoms with van der Waals surface area (Å²) >= 11 is 0. The van der Waals surface area contributed by atoms with Gasteiger partial charge in [0, 0.05) is 17.7 Å². The Hall–Kier alpha value is -2.17. The van der Waals surface area contributed by atoms with Crippen molar-refractivity contribution in [1.29, 1.82) is 0 Å². The van der Waals surface area contributed by atoms with Gasteiger partial charge in [0.15, 0.2) is 6.61 Å². The van der Waals surface area contributed by atoms with Crippen molar-refractivity contribution in [3.8, 4) is 5.75 Å². The molecule has 0 radical (unpaired) electrons. The highest BCUT2D eigenvalue weighted by Gasteiger charge is 2.37. The minimum atomic E-state index is -0.391. The number of rotatable bonds is 4. The van der Waals surface area contributed by atoms with Gasteiger partial charge in [-0.15, -0.1) is 0 Å². The van der Waals surface area contributed by atoms with Crippen LogP contribution in [0.2, 0.25) is 0 Å². The molecule has 1 N–H and O–H groups in total. The highest BCUT2D eigenvalue weighted by atomic mass is 19.1. The number of benzene rings is 1. The fourth-order valence-electron chi connectivity index (χ4n) is 2.54. The van der Waals surface area contributed by atoms with Crippen molar-refractivity contribution in [2.24, 2.45) is 16.9 Å². The molecule has 2 atom stereocenters. The number of nitrogens with one attached hydrogen (secondary N) is 1. The highest BCUT2D eigenvalue weighted by Crippen LogP contribution is 2.39. The fraction of sp³-hybridized carbons (Fsp3) is 0.333. The normalized spacial score (nSPS) is 25.1. The smallest absolute Gasteiger partial charge is 0.277 e. The van der Waals surface area contributed by atoms with Crippen molar-refractivity contribution >= 4 is 11.6 Å². The zero-order valence-electron chi connectivity index (χ0n) is 10.9. The Balaban J connectivity index is 1.45. The summed E-state index contributed by atoms with van der Waals surface area (Å²) in [6.45, 7) is -0.174. The number of allylic oxidation sites excluding steroid dienone is 2. The summed E-state index contributed by atoms with van der Waals surface area (Å²) in [5.74, 6) is 0.679. The number of hydrazone groups is 1. The Labute approximate surface area is 116 Å². The van der Waals surface area contributed by atoms with E-state index in [1.54, 1.807) is 6.07 Å². The van der Waals surface area contributed by atoms with Crippen LogP contribution < -0.4 is 10.2 Å². The van der Waals surface area contributed by atoms with Gasteiger partial charge in [0.05, 0.1) is 0 Å². The van der Waals surface area contributed by atoms with Gasteiger partial charge in [0.1, 0.15) is 11.6 Å². The number of nitrogens with zero attached hydrogens (tertiary/aromatic N) is 1. The Morgan fingerprint density at radius 1 is 1.50 bits per heavy atom. The van der Waals surface area contributed by atoms with Gasteiger partial charge in [-0.3, -0.25) is 4.79 Å². The minimum Gasteiger partial charge on any atom is -0.484 e. The average molecular weight is 274 g/mol. The van der Waals surface area contributed by atoms with Crippen molar-refractivity contribution in [3.63, 3.8) is 0 Å². The minimum absolute atomic E-state index is 0.174. The quantitative estimate of drug-likeness (QED) is 0.676. The van der Waals surface area contributed by atoms with E-state index in [9.17, 15) is 9.18 Å². The third kappa shape index (κ3) is 2.71. The summed E-state index contributed by atoms with van der Waals surface area (Å²) in [4.78, 5) is 11.6. The number of carbonyl (C=O) groups is 1. The molecule has 1 amide bonds. The summed E-state index contributed by atoms with van der Waals surface area (Å²) in [5.41, 5.74) is 3.53. The van der Waals surface area contributed by atoms with Crippen LogP contribution in [-0.2, 0) is 4.79 Å². The predicted octanol–water partition coefficient (Wildman–Crippen LogP) is 2.27. The molecule has 104 valence electrons. The first-order chi connectivity index (χ1) is 9.72. The lowest BCUT2D eigenvalue weighted by molar-refractivity contribution is -0.123. The van der Waals surface area contributed by atoms with Crippen LogP contribution in [0.3, 0.4) is 0 Å². The molecule has 0 saturated heterocycles. The maximum absolute atomic E-state index is 12.9. The molecule has 1 fully saturated rings. The Kier molecular flexibility index (Phi) is 3.50. The number of hydrogen-bond donors (Lipinski definition) is 1. The molecular weight excluding hydrogens is 259 g/mol. The number of halogens is 1. The van der Waals surface area contributed by atoms with Gasteiger partial charge in [-0.1, -0.05) is 18.2 Å². The van der Waals surface area contributed by atoms with E-state index < -0.39 is 5.82 Å². The molecule has 0 heterocycles. The molecule has 1 aromatic carbocycles. The topological polar surface area (TPSA) is 50.7 Å². The van der Waals surface area contributed by atoms with Gasteiger partial charge >= 0.3 is 0 Å². The summed E-state index contributed by atoms with van der Waals surface area (Å²) < 4.78 is 18.1. The molecule has 1 aromatic rings. The van der Waals surface area contributed by atoms with Gasteiger partial charge in [-0.25, -0.2) is 9.82 Å². The number of carbonyl (C=O) groups excluding carboxylic acids is 1. The van der Waals surface area contributed by atoms with E-state index in [1.807, 2.05) is 0 Å². The molecule has 2 aliphatic rings. The Bertz CT molecular complexity index is 583. The van der Waals surface area contributed by atoms with Crippen LogP contribution in [-0.4, -0.2) is 18.2 Å². The lowest BCUT2D eigenvalue weighted by Gasteiger charge is -2.31. The maximum Gasteiger partial charge on any atom is 0.277 e. The van der Waals surface area contributed by atoms with Crippen LogP contribution in [0.4, 0.5) is 4.39 Å². The standard InChI is InChI=1S/C15H15FN2O2/c16-11-4-2-5-12(8-11)20-9-15(19)18-17-14-7-10-3-1-6-13(10)14/h1-5,8,10,13H,6-7,9H2,(H,18,19)/b17-14-/t10-,13-/m0/s1. The molecule has 1 saturated carbocycles. The molecule has 0 unspecified atom stereocenters. The largest absolute Gasteiger partial charge is 0.484 e. The molecule has 20 heavy (non-hydrogen) atoms. The van der Waals surface area contributed by atoms with E-state index in [2.05, 4.69) is 22.7 Å². The van der Waals surface area contributed by atoms with E-state index >= 15 is 0 Å². The van der Waals surface area contributed by atoms with Gasteiger partial charge < -0.3 is 4.74 Å². The zero-order valence-corrected chi connectivity index (χ0v) is 10.9. The summed E-state index contributed by atoms with van der Waals surface area (Å²) in [5, 5.41) is 4.12. The Morgan fingerprint density at radius 2 is 2.40 bits per heavy atom. The van der Waals surface area contributed by atoms with Gasteiger partial charge in [0.2, 0.25) is 0 Å². The molecular formula is C15H15FN2O2. The van der Waals surface area contributed by atoms with Crippen molar-refractivity contribution < 1.29 is 13.9 Å². The van der Waals surface area contributed by atoms with Crippen molar-refractivity contribution in [2.45, 2.75) is 12.8 Å². The van der Waals surface area contributed by atoms with Crippen molar-refractivity contribution in [3.05, 3.63) is 42.2 Å². The first kappa shape index (κ1) is 12.8. The maximum atomic E-state index is 12.9.